The fourth-order valence-corrected chi connectivity index (χ4v) is 2.63. The number of aromatic nitrogens is 2. The Morgan fingerprint density at radius 3 is 2.53 bits per heavy atom. The molecule has 2 N–H and O–H groups in total. The molecule has 1 saturated carbocycles. The normalized spacial score (nSPS) is 16.2. The average Bonchev–Trinajstić information content (AvgIpc) is 3.07. The third kappa shape index (κ3) is 3.73. The molecule has 1 heterocycles. The molecule has 1 aromatic rings. The lowest BCUT2D eigenvalue weighted by Gasteiger charge is -2.19. The van der Waals surface area contributed by atoms with E-state index in [1.807, 2.05) is 13.8 Å². The molecule has 19 heavy (non-hydrogen) atoms. The van der Waals surface area contributed by atoms with Gasteiger partial charge in [0, 0.05) is 12.8 Å². The first kappa shape index (κ1) is 13.9. The van der Waals surface area contributed by atoms with Gasteiger partial charge < -0.3 is 5.32 Å². The second kappa shape index (κ2) is 5.64. The Bertz CT molecular complexity index is 482. The lowest BCUT2D eigenvalue weighted by molar-refractivity contribution is -0.126. The lowest BCUT2D eigenvalue weighted by Crippen LogP contribution is -2.46. The summed E-state index contributed by atoms with van der Waals surface area (Å²) >= 11 is 1.41. The van der Waals surface area contributed by atoms with Crippen LogP contribution in [0.1, 0.15) is 44.5 Å². The highest BCUT2D eigenvalue weighted by molar-refractivity contribution is 7.15. The number of carbonyl (C=O) groups excluding carboxylic acids is 2. The summed E-state index contributed by atoms with van der Waals surface area (Å²) in [4.78, 5) is 23.2. The number of hydrogen-bond donors (Lipinski definition) is 2. The molecule has 0 saturated heterocycles. The van der Waals surface area contributed by atoms with Crippen molar-refractivity contribution in [2.24, 2.45) is 5.92 Å². The van der Waals surface area contributed by atoms with Gasteiger partial charge in [-0.1, -0.05) is 25.2 Å². The molecule has 0 bridgehead atoms. The number of carbonyl (C=O) groups is 2. The van der Waals surface area contributed by atoms with E-state index in [1.165, 1.54) is 18.3 Å². The van der Waals surface area contributed by atoms with Gasteiger partial charge in [0.05, 0.1) is 0 Å². The summed E-state index contributed by atoms with van der Waals surface area (Å²) in [6.45, 7) is 5.17. The van der Waals surface area contributed by atoms with Crippen LogP contribution in [-0.2, 0) is 9.59 Å². The zero-order chi connectivity index (χ0) is 14.0. The highest BCUT2D eigenvalue weighted by Crippen LogP contribution is 2.42. The van der Waals surface area contributed by atoms with Crippen LogP contribution >= 0.6 is 11.3 Å². The maximum absolute atomic E-state index is 12.1. The molecule has 1 aromatic heterocycles. The van der Waals surface area contributed by atoms with Gasteiger partial charge in [0.25, 0.3) is 0 Å². The van der Waals surface area contributed by atoms with Crippen LogP contribution in [0.15, 0.2) is 0 Å². The van der Waals surface area contributed by atoms with Crippen molar-refractivity contribution in [3.05, 3.63) is 5.01 Å². The summed E-state index contributed by atoms with van der Waals surface area (Å²) in [5.74, 6) is 0.0765. The van der Waals surface area contributed by atoms with E-state index in [9.17, 15) is 9.59 Å². The van der Waals surface area contributed by atoms with Crippen molar-refractivity contribution in [3.8, 4) is 0 Å². The Hall–Kier alpha value is -1.50. The van der Waals surface area contributed by atoms with Gasteiger partial charge in [-0.3, -0.25) is 14.9 Å². The Morgan fingerprint density at radius 2 is 2.00 bits per heavy atom. The molecule has 2 rings (SSSR count). The quantitative estimate of drug-likeness (QED) is 0.857. The molecule has 1 aliphatic carbocycles. The molecule has 7 heteroatoms. The molecule has 0 radical (unpaired) electrons. The van der Waals surface area contributed by atoms with E-state index in [-0.39, 0.29) is 17.7 Å². The molecule has 2 amide bonds. The van der Waals surface area contributed by atoms with Crippen LogP contribution in [0.4, 0.5) is 5.13 Å². The van der Waals surface area contributed by atoms with Crippen molar-refractivity contribution in [2.75, 3.05) is 5.32 Å². The summed E-state index contributed by atoms with van der Waals surface area (Å²) in [5.41, 5.74) is 0. The van der Waals surface area contributed by atoms with E-state index < -0.39 is 6.04 Å². The van der Waals surface area contributed by atoms with Gasteiger partial charge in [-0.25, -0.2) is 0 Å². The van der Waals surface area contributed by atoms with Crippen LogP contribution in [0, 0.1) is 5.92 Å². The van der Waals surface area contributed by atoms with Crippen LogP contribution in [0.2, 0.25) is 0 Å². The minimum atomic E-state index is -0.550. The van der Waals surface area contributed by atoms with E-state index in [0.717, 1.165) is 17.8 Å². The summed E-state index contributed by atoms with van der Waals surface area (Å²) in [6.07, 6.45) is 2.31. The Balaban J connectivity index is 1.98. The number of rotatable bonds is 5. The van der Waals surface area contributed by atoms with Gasteiger partial charge in [-0.15, -0.1) is 10.2 Å². The predicted molar refractivity (Wildman–Crippen MR) is 73.0 cm³/mol. The van der Waals surface area contributed by atoms with Gasteiger partial charge in [-0.05, 0) is 18.8 Å². The molecule has 1 fully saturated rings. The van der Waals surface area contributed by atoms with Crippen LogP contribution in [0.3, 0.4) is 0 Å². The molecule has 0 unspecified atom stereocenters. The molecule has 1 atom stereocenters. The molecule has 104 valence electrons. The first-order chi connectivity index (χ1) is 8.97. The maximum Gasteiger partial charge on any atom is 0.249 e. The molecule has 6 nitrogen and oxygen atoms in total. The van der Waals surface area contributed by atoms with E-state index in [0.29, 0.717) is 11.0 Å². The van der Waals surface area contributed by atoms with E-state index >= 15 is 0 Å². The topological polar surface area (TPSA) is 84.0 Å². The highest BCUT2D eigenvalue weighted by Gasteiger charge is 2.29. The second-order valence-electron chi connectivity index (χ2n) is 5.13. The number of nitrogens with zero attached hydrogens (tertiary/aromatic N) is 2. The first-order valence-electron chi connectivity index (χ1n) is 6.38. The van der Waals surface area contributed by atoms with Crippen molar-refractivity contribution >= 4 is 28.3 Å². The highest BCUT2D eigenvalue weighted by atomic mass is 32.1. The number of nitrogens with one attached hydrogen (secondary N) is 2. The fourth-order valence-electron chi connectivity index (χ4n) is 1.72. The number of amides is 2. The van der Waals surface area contributed by atoms with Crippen molar-refractivity contribution in [3.63, 3.8) is 0 Å². The van der Waals surface area contributed by atoms with Crippen molar-refractivity contribution in [2.45, 2.75) is 45.6 Å². The minimum absolute atomic E-state index is 0.0136. The van der Waals surface area contributed by atoms with Gasteiger partial charge >= 0.3 is 0 Å². The summed E-state index contributed by atoms with van der Waals surface area (Å²) in [5, 5.41) is 14.9. The number of anilines is 1. The SMILES string of the molecule is CC(=O)N[C@H](C(=O)Nc1nnc(C2CC2)s1)C(C)C. The van der Waals surface area contributed by atoms with Gasteiger partial charge in [0.2, 0.25) is 16.9 Å². The predicted octanol–water partition coefficient (Wildman–Crippen LogP) is 1.51. The molecular weight excluding hydrogens is 264 g/mol. The molecule has 0 aromatic carbocycles. The van der Waals surface area contributed by atoms with E-state index in [2.05, 4.69) is 20.8 Å². The van der Waals surface area contributed by atoms with Gasteiger partial charge in [-0.2, -0.15) is 0 Å². The summed E-state index contributed by atoms with van der Waals surface area (Å²) in [7, 11) is 0. The van der Waals surface area contributed by atoms with Crippen LogP contribution in [0.5, 0.6) is 0 Å². The Morgan fingerprint density at radius 1 is 1.32 bits per heavy atom. The first-order valence-corrected chi connectivity index (χ1v) is 7.20. The van der Waals surface area contributed by atoms with Gasteiger partial charge in [0.15, 0.2) is 0 Å². The van der Waals surface area contributed by atoms with Crippen molar-refractivity contribution < 1.29 is 9.59 Å². The molecule has 0 aliphatic heterocycles. The minimum Gasteiger partial charge on any atom is -0.344 e. The number of hydrogen-bond acceptors (Lipinski definition) is 5. The summed E-state index contributed by atoms with van der Waals surface area (Å²) in [6, 6.07) is -0.550. The largest absolute Gasteiger partial charge is 0.344 e. The fraction of sp³-hybridized carbons (Fsp3) is 0.667. The van der Waals surface area contributed by atoms with Crippen molar-refractivity contribution in [1.82, 2.24) is 15.5 Å². The van der Waals surface area contributed by atoms with Crippen LogP contribution in [0.25, 0.3) is 0 Å². The standard InChI is InChI=1S/C12H18N4O2S/c1-6(2)9(13-7(3)17)10(18)14-12-16-15-11(19-12)8-4-5-8/h6,8-9H,4-5H2,1-3H3,(H,13,17)(H,14,16,18)/t9-/m0/s1. The molecule has 0 spiro atoms. The van der Waals surface area contributed by atoms with Crippen LogP contribution < -0.4 is 10.6 Å². The second-order valence-corrected chi connectivity index (χ2v) is 6.14. The maximum atomic E-state index is 12.1. The Kier molecular flexibility index (Phi) is 4.14. The van der Waals surface area contributed by atoms with Gasteiger partial charge in [0.1, 0.15) is 11.0 Å². The monoisotopic (exact) mass is 282 g/mol. The lowest BCUT2D eigenvalue weighted by atomic mass is 10.0. The Labute approximate surface area is 116 Å². The van der Waals surface area contributed by atoms with Crippen molar-refractivity contribution in [1.29, 1.82) is 0 Å². The molecular formula is C12H18N4O2S. The average molecular weight is 282 g/mol. The molecule has 1 aliphatic rings. The third-order valence-corrected chi connectivity index (χ3v) is 3.91. The van der Waals surface area contributed by atoms with E-state index in [1.54, 1.807) is 0 Å². The third-order valence-electron chi connectivity index (χ3n) is 2.91. The van der Waals surface area contributed by atoms with Crippen LogP contribution in [-0.4, -0.2) is 28.1 Å². The van der Waals surface area contributed by atoms with E-state index in [4.69, 9.17) is 0 Å². The zero-order valence-electron chi connectivity index (χ0n) is 11.3. The zero-order valence-corrected chi connectivity index (χ0v) is 12.1. The summed E-state index contributed by atoms with van der Waals surface area (Å²) < 4.78 is 0. The smallest absolute Gasteiger partial charge is 0.249 e.